The van der Waals surface area contributed by atoms with Crippen molar-refractivity contribution < 1.29 is 14.7 Å². The van der Waals surface area contributed by atoms with Crippen molar-refractivity contribution in [1.82, 2.24) is 10.3 Å². The number of hydrogen-bond acceptors (Lipinski definition) is 2. The van der Waals surface area contributed by atoms with Gasteiger partial charge in [-0.2, -0.15) is 0 Å². The molecule has 1 amide bonds. The Morgan fingerprint density at radius 1 is 1.10 bits per heavy atom. The number of carbonyl (C=O) groups excluding carboxylic acids is 1. The summed E-state index contributed by atoms with van der Waals surface area (Å²) in [4.78, 5) is 26.2. The van der Waals surface area contributed by atoms with E-state index in [-0.39, 0.29) is 5.92 Å². The van der Waals surface area contributed by atoms with E-state index in [1.54, 1.807) is 26.0 Å². The van der Waals surface area contributed by atoms with Gasteiger partial charge in [0.25, 0.3) is 5.91 Å². The van der Waals surface area contributed by atoms with Gasteiger partial charge in [0, 0.05) is 5.69 Å². The molecule has 110 valence electrons. The number of H-pyrrole nitrogens is 1. The Bertz CT molecular complexity index is 632. The summed E-state index contributed by atoms with van der Waals surface area (Å²) < 4.78 is 0. The van der Waals surface area contributed by atoms with Crippen molar-refractivity contribution in [3.8, 4) is 11.3 Å². The van der Waals surface area contributed by atoms with Gasteiger partial charge in [-0.3, -0.25) is 4.79 Å². The molecule has 0 saturated heterocycles. The highest BCUT2D eigenvalue weighted by molar-refractivity contribution is 5.95. The van der Waals surface area contributed by atoms with Crippen LogP contribution in [-0.2, 0) is 4.79 Å². The van der Waals surface area contributed by atoms with E-state index in [4.69, 9.17) is 5.11 Å². The zero-order valence-corrected chi connectivity index (χ0v) is 12.0. The minimum absolute atomic E-state index is 0.185. The van der Waals surface area contributed by atoms with Crippen LogP contribution in [0.1, 0.15) is 24.3 Å². The molecule has 2 rings (SSSR count). The molecule has 0 fully saturated rings. The van der Waals surface area contributed by atoms with Crippen LogP contribution < -0.4 is 5.32 Å². The van der Waals surface area contributed by atoms with E-state index < -0.39 is 17.9 Å². The van der Waals surface area contributed by atoms with Crippen molar-refractivity contribution in [2.45, 2.75) is 19.9 Å². The predicted molar refractivity (Wildman–Crippen MR) is 80.0 cm³/mol. The normalized spacial score (nSPS) is 12.1. The van der Waals surface area contributed by atoms with Crippen molar-refractivity contribution in [3.05, 3.63) is 48.2 Å². The van der Waals surface area contributed by atoms with E-state index in [0.29, 0.717) is 5.69 Å². The van der Waals surface area contributed by atoms with Crippen LogP contribution in [0.25, 0.3) is 11.3 Å². The number of carbonyl (C=O) groups is 2. The van der Waals surface area contributed by atoms with Crippen molar-refractivity contribution in [1.29, 1.82) is 0 Å². The summed E-state index contributed by atoms with van der Waals surface area (Å²) in [5.41, 5.74) is 2.13. The minimum atomic E-state index is -1.03. The van der Waals surface area contributed by atoms with Crippen molar-refractivity contribution >= 4 is 11.9 Å². The summed E-state index contributed by atoms with van der Waals surface area (Å²) in [6, 6.07) is 12.2. The summed E-state index contributed by atoms with van der Waals surface area (Å²) in [5, 5.41) is 11.6. The number of aromatic amines is 1. The van der Waals surface area contributed by atoms with Gasteiger partial charge in [-0.15, -0.1) is 0 Å². The Morgan fingerprint density at radius 2 is 1.76 bits per heavy atom. The maximum atomic E-state index is 12.1. The lowest BCUT2D eigenvalue weighted by Gasteiger charge is -2.17. The Kier molecular flexibility index (Phi) is 4.42. The highest BCUT2D eigenvalue weighted by Gasteiger charge is 2.24. The summed E-state index contributed by atoms with van der Waals surface area (Å²) in [6.07, 6.45) is 0. The molecule has 0 aliphatic carbocycles. The second kappa shape index (κ2) is 6.26. The summed E-state index contributed by atoms with van der Waals surface area (Å²) in [5.74, 6) is -1.64. The molecule has 1 aromatic heterocycles. The molecule has 0 spiro atoms. The van der Waals surface area contributed by atoms with E-state index in [1.807, 2.05) is 30.3 Å². The van der Waals surface area contributed by atoms with Crippen LogP contribution in [0.2, 0.25) is 0 Å². The molecule has 1 heterocycles. The number of carboxylic acid groups (broad SMARTS) is 1. The highest BCUT2D eigenvalue weighted by atomic mass is 16.4. The average molecular weight is 286 g/mol. The molecule has 21 heavy (non-hydrogen) atoms. The van der Waals surface area contributed by atoms with Gasteiger partial charge in [-0.1, -0.05) is 44.2 Å². The topological polar surface area (TPSA) is 82.2 Å². The van der Waals surface area contributed by atoms with Crippen LogP contribution in [-0.4, -0.2) is 28.0 Å². The lowest BCUT2D eigenvalue weighted by atomic mass is 10.0. The van der Waals surface area contributed by atoms with Crippen LogP contribution in [0.15, 0.2) is 42.5 Å². The Balaban J connectivity index is 2.14. The largest absolute Gasteiger partial charge is 0.480 e. The molecule has 5 nitrogen and oxygen atoms in total. The molecule has 1 aromatic carbocycles. The van der Waals surface area contributed by atoms with E-state index >= 15 is 0 Å². The van der Waals surface area contributed by atoms with E-state index in [0.717, 1.165) is 11.3 Å². The molecule has 1 atom stereocenters. The zero-order chi connectivity index (χ0) is 15.4. The number of rotatable bonds is 5. The number of benzene rings is 1. The van der Waals surface area contributed by atoms with E-state index in [9.17, 15) is 9.59 Å². The van der Waals surface area contributed by atoms with Gasteiger partial charge >= 0.3 is 5.97 Å². The summed E-state index contributed by atoms with van der Waals surface area (Å²) >= 11 is 0. The van der Waals surface area contributed by atoms with Crippen LogP contribution in [0, 0.1) is 5.92 Å². The fourth-order valence-electron chi connectivity index (χ4n) is 2.05. The molecular formula is C16H18N2O3. The van der Waals surface area contributed by atoms with Crippen molar-refractivity contribution in [3.63, 3.8) is 0 Å². The number of carboxylic acids is 1. The first-order chi connectivity index (χ1) is 9.99. The van der Waals surface area contributed by atoms with Crippen molar-refractivity contribution in [2.24, 2.45) is 5.92 Å². The molecule has 3 N–H and O–H groups in total. The number of amides is 1. The smallest absolute Gasteiger partial charge is 0.326 e. The third-order valence-electron chi connectivity index (χ3n) is 3.23. The van der Waals surface area contributed by atoms with Crippen LogP contribution >= 0.6 is 0 Å². The monoisotopic (exact) mass is 286 g/mol. The Morgan fingerprint density at radius 3 is 2.33 bits per heavy atom. The predicted octanol–water partition coefficient (Wildman–Crippen LogP) is 2.52. The second-order valence-electron chi connectivity index (χ2n) is 5.19. The highest BCUT2D eigenvalue weighted by Crippen LogP contribution is 2.18. The van der Waals surface area contributed by atoms with Gasteiger partial charge in [-0.05, 0) is 23.6 Å². The summed E-state index contributed by atoms with van der Waals surface area (Å²) in [6.45, 7) is 3.51. The number of nitrogens with one attached hydrogen (secondary N) is 2. The zero-order valence-electron chi connectivity index (χ0n) is 12.0. The maximum absolute atomic E-state index is 12.1. The molecular weight excluding hydrogens is 268 g/mol. The average Bonchev–Trinajstić information content (AvgIpc) is 2.94. The molecule has 5 heteroatoms. The van der Waals surface area contributed by atoms with Gasteiger partial charge in [0.15, 0.2) is 0 Å². The number of aromatic nitrogens is 1. The van der Waals surface area contributed by atoms with Gasteiger partial charge in [0.05, 0.1) is 0 Å². The molecule has 0 saturated carbocycles. The quantitative estimate of drug-likeness (QED) is 0.790. The molecule has 0 bridgehead atoms. The second-order valence-corrected chi connectivity index (χ2v) is 5.19. The number of aliphatic carboxylic acids is 1. The minimum Gasteiger partial charge on any atom is -0.480 e. The lowest BCUT2D eigenvalue weighted by Crippen LogP contribution is -2.44. The van der Waals surface area contributed by atoms with Gasteiger partial charge in [0.1, 0.15) is 11.7 Å². The molecule has 2 aromatic rings. The van der Waals surface area contributed by atoms with Gasteiger partial charge in [-0.25, -0.2) is 4.79 Å². The van der Waals surface area contributed by atoms with Crippen LogP contribution in [0.5, 0.6) is 0 Å². The van der Waals surface area contributed by atoms with Gasteiger partial charge in [0.2, 0.25) is 0 Å². The standard InChI is InChI=1S/C16H18N2O3/c1-10(2)14(16(20)21)18-15(19)13-9-8-12(17-13)11-6-4-3-5-7-11/h3-10,14,17H,1-2H3,(H,18,19)(H,20,21)/t14-/m0/s1. The van der Waals surface area contributed by atoms with Crippen LogP contribution in [0.3, 0.4) is 0 Å². The van der Waals surface area contributed by atoms with E-state index in [2.05, 4.69) is 10.3 Å². The Labute approximate surface area is 123 Å². The third kappa shape index (κ3) is 3.51. The SMILES string of the molecule is CC(C)[C@H](NC(=O)c1ccc(-c2ccccc2)[nH]1)C(=O)O. The number of hydrogen-bond donors (Lipinski definition) is 3. The van der Waals surface area contributed by atoms with Crippen molar-refractivity contribution in [2.75, 3.05) is 0 Å². The molecule has 0 unspecified atom stereocenters. The fourth-order valence-corrected chi connectivity index (χ4v) is 2.05. The molecule has 0 aliphatic heterocycles. The maximum Gasteiger partial charge on any atom is 0.326 e. The lowest BCUT2D eigenvalue weighted by molar-refractivity contribution is -0.140. The first-order valence-electron chi connectivity index (χ1n) is 6.77. The molecule has 0 radical (unpaired) electrons. The van der Waals surface area contributed by atoms with Crippen LogP contribution in [0.4, 0.5) is 0 Å². The van der Waals surface area contributed by atoms with Gasteiger partial charge < -0.3 is 15.4 Å². The molecule has 0 aliphatic rings. The fraction of sp³-hybridized carbons (Fsp3) is 0.250. The van der Waals surface area contributed by atoms with E-state index in [1.165, 1.54) is 0 Å². The first kappa shape index (κ1) is 14.8. The first-order valence-corrected chi connectivity index (χ1v) is 6.77. The third-order valence-corrected chi connectivity index (χ3v) is 3.23. The summed E-state index contributed by atoms with van der Waals surface area (Å²) in [7, 11) is 0. The Hall–Kier alpha value is -2.56.